The van der Waals surface area contributed by atoms with Crippen LogP contribution in [0.3, 0.4) is 0 Å². The molecular weight excluding hydrogens is 174 g/mol. The lowest BCUT2D eigenvalue weighted by Gasteiger charge is -2.28. The van der Waals surface area contributed by atoms with Gasteiger partial charge in [0.05, 0.1) is 17.3 Å². The molecule has 1 aromatic rings. The molecule has 0 bridgehead atoms. The molecule has 12 heavy (non-hydrogen) atoms. The van der Waals surface area contributed by atoms with Gasteiger partial charge < -0.3 is 9.64 Å². The molecule has 0 saturated carbocycles. The minimum atomic E-state index is 0.740. The fraction of sp³-hybridized carbons (Fsp3) is 0.333. The lowest BCUT2D eigenvalue weighted by atomic mass is 10.2. The summed E-state index contributed by atoms with van der Waals surface area (Å²) in [6.45, 7) is 1.64. The maximum Gasteiger partial charge on any atom is 0.144 e. The molecule has 1 aliphatic rings. The first kappa shape index (κ1) is 7.74. The first-order chi connectivity index (χ1) is 5.79. The van der Waals surface area contributed by atoms with E-state index in [0.717, 1.165) is 29.6 Å². The van der Waals surface area contributed by atoms with E-state index in [0.29, 0.717) is 0 Å². The zero-order valence-electron chi connectivity index (χ0n) is 6.88. The average molecular weight is 184 g/mol. The lowest BCUT2D eigenvalue weighted by Crippen LogP contribution is -2.28. The first-order valence-electron chi connectivity index (χ1n) is 3.91. The fourth-order valence-corrected chi connectivity index (χ4v) is 1.70. The molecule has 1 aromatic carbocycles. The molecule has 1 aliphatic heterocycles. The van der Waals surface area contributed by atoms with Gasteiger partial charge in [-0.25, -0.2) is 0 Å². The smallest absolute Gasteiger partial charge is 0.144 e. The van der Waals surface area contributed by atoms with Crippen molar-refractivity contribution in [1.29, 1.82) is 0 Å². The highest BCUT2D eigenvalue weighted by Crippen LogP contribution is 2.36. The minimum Gasteiger partial charge on any atom is -0.490 e. The number of halogens is 1. The molecule has 2 nitrogen and oxygen atoms in total. The molecule has 0 unspecified atom stereocenters. The molecule has 0 amide bonds. The monoisotopic (exact) mass is 183 g/mol. The summed E-state index contributed by atoms with van der Waals surface area (Å²) in [6, 6.07) is 5.72. The summed E-state index contributed by atoms with van der Waals surface area (Å²) < 4.78 is 5.45. The van der Waals surface area contributed by atoms with Gasteiger partial charge in [0.25, 0.3) is 0 Å². The number of hydrogen-bond donors (Lipinski definition) is 0. The van der Waals surface area contributed by atoms with Gasteiger partial charge in [0.1, 0.15) is 12.4 Å². The molecule has 0 aromatic heterocycles. The number of hydrogen-bond acceptors (Lipinski definition) is 2. The Labute approximate surface area is 76.7 Å². The zero-order valence-corrected chi connectivity index (χ0v) is 7.64. The second kappa shape index (κ2) is 2.87. The maximum absolute atomic E-state index is 6.02. The third-order valence-corrected chi connectivity index (χ3v) is 2.32. The van der Waals surface area contributed by atoms with Crippen LogP contribution >= 0.6 is 11.6 Å². The van der Waals surface area contributed by atoms with Gasteiger partial charge in [0.15, 0.2) is 0 Å². The van der Waals surface area contributed by atoms with E-state index in [4.69, 9.17) is 16.3 Å². The predicted octanol–water partition coefficient (Wildman–Crippen LogP) is 2.17. The molecule has 0 spiro atoms. The van der Waals surface area contributed by atoms with Crippen molar-refractivity contribution in [3.05, 3.63) is 23.2 Å². The molecule has 0 fully saturated rings. The number of fused-ring (bicyclic) bond motifs is 1. The Morgan fingerprint density at radius 3 is 3.08 bits per heavy atom. The quantitative estimate of drug-likeness (QED) is 0.611. The Morgan fingerprint density at radius 2 is 2.33 bits per heavy atom. The van der Waals surface area contributed by atoms with Gasteiger partial charge >= 0.3 is 0 Å². The van der Waals surface area contributed by atoms with Crippen LogP contribution in [0.15, 0.2) is 18.2 Å². The standard InChI is InChI=1S/C9H10ClNO/c1-11-5-6-12-8-4-2-3-7(10)9(8)11/h2-4H,5-6H2,1H3. The summed E-state index contributed by atoms with van der Waals surface area (Å²) in [4.78, 5) is 2.11. The van der Waals surface area contributed by atoms with Gasteiger partial charge in [-0.2, -0.15) is 0 Å². The number of anilines is 1. The van der Waals surface area contributed by atoms with E-state index in [9.17, 15) is 0 Å². The SMILES string of the molecule is CN1CCOc2cccc(Cl)c21. The Hall–Kier alpha value is -0.890. The summed E-state index contributed by atoms with van der Waals surface area (Å²) in [5, 5.41) is 0.759. The van der Waals surface area contributed by atoms with Crippen molar-refractivity contribution in [3.8, 4) is 5.75 Å². The fourth-order valence-electron chi connectivity index (χ4n) is 1.39. The van der Waals surface area contributed by atoms with Crippen LogP contribution in [0.4, 0.5) is 5.69 Å². The van der Waals surface area contributed by atoms with Gasteiger partial charge in [-0.05, 0) is 12.1 Å². The summed E-state index contributed by atoms with van der Waals surface area (Å²) in [7, 11) is 2.02. The van der Waals surface area contributed by atoms with Gasteiger partial charge in [0.2, 0.25) is 0 Å². The van der Waals surface area contributed by atoms with Gasteiger partial charge in [-0.1, -0.05) is 17.7 Å². The molecule has 0 N–H and O–H groups in total. The van der Waals surface area contributed by atoms with Crippen LogP contribution in [0.25, 0.3) is 0 Å². The topological polar surface area (TPSA) is 12.5 Å². The van der Waals surface area contributed by atoms with Crippen LogP contribution in [0.1, 0.15) is 0 Å². The van der Waals surface area contributed by atoms with Crippen LogP contribution in [-0.2, 0) is 0 Å². The van der Waals surface area contributed by atoms with Crippen molar-refractivity contribution < 1.29 is 4.74 Å². The Balaban J connectivity index is 2.53. The number of rotatable bonds is 0. The van der Waals surface area contributed by atoms with E-state index < -0.39 is 0 Å². The average Bonchev–Trinajstić information content (AvgIpc) is 2.04. The van der Waals surface area contributed by atoms with E-state index in [1.807, 2.05) is 25.2 Å². The number of likely N-dealkylation sites (N-methyl/N-ethyl adjacent to an activating group) is 1. The van der Waals surface area contributed by atoms with Crippen LogP contribution in [-0.4, -0.2) is 20.2 Å². The summed E-state index contributed by atoms with van der Waals surface area (Å²) in [5.41, 5.74) is 1.01. The van der Waals surface area contributed by atoms with Crippen molar-refractivity contribution in [2.45, 2.75) is 0 Å². The van der Waals surface area contributed by atoms with Crippen molar-refractivity contribution >= 4 is 17.3 Å². The van der Waals surface area contributed by atoms with Crippen molar-refractivity contribution in [2.24, 2.45) is 0 Å². The van der Waals surface area contributed by atoms with Gasteiger partial charge in [-0.3, -0.25) is 0 Å². The van der Waals surface area contributed by atoms with E-state index in [2.05, 4.69) is 4.90 Å². The highest BCUT2D eigenvalue weighted by molar-refractivity contribution is 6.33. The molecule has 3 heteroatoms. The largest absolute Gasteiger partial charge is 0.490 e. The van der Waals surface area contributed by atoms with E-state index >= 15 is 0 Å². The number of para-hydroxylation sites is 1. The first-order valence-corrected chi connectivity index (χ1v) is 4.29. The Bertz CT molecular complexity index is 301. The summed E-state index contributed by atoms with van der Waals surface area (Å²) in [6.07, 6.45) is 0. The van der Waals surface area contributed by atoms with E-state index in [-0.39, 0.29) is 0 Å². The summed E-state index contributed by atoms with van der Waals surface area (Å²) >= 11 is 6.02. The maximum atomic E-state index is 6.02. The minimum absolute atomic E-state index is 0.740. The van der Waals surface area contributed by atoms with Crippen LogP contribution in [0, 0.1) is 0 Å². The molecule has 1 heterocycles. The zero-order chi connectivity index (χ0) is 8.55. The molecule has 2 rings (SSSR count). The van der Waals surface area contributed by atoms with Crippen molar-refractivity contribution in [2.75, 3.05) is 25.1 Å². The highest BCUT2D eigenvalue weighted by atomic mass is 35.5. The summed E-state index contributed by atoms with van der Waals surface area (Å²) in [5.74, 6) is 0.885. The number of benzene rings is 1. The molecule has 0 aliphatic carbocycles. The van der Waals surface area contributed by atoms with Crippen molar-refractivity contribution in [3.63, 3.8) is 0 Å². The molecule has 0 saturated heterocycles. The molecule has 0 radical (unpaired) electrons. The lowest BCUT2D eigenvalue weighted by molar-refractivity contribution is 0.311. The Morgan fingerprint density at radius 1 is 1.50 bits per heavy atom. The van der Waals surface area contributed by atoms with Gasteiger partial charge in [0, 0.05) is 7.05 Å². The van der Waals surface area contributed by atoms with Gasteiger partial charge in [-0.15, -0.1) is 0 Å². The number of nitrogens with zero attached hydrogens (tertiary/aromatic N) is 1. The van der Waals surface area contributed by atoms with E-state index in [1.165, 1.54) is 0 Å². The molecule has 64 valence electrons. The second-order valence-corrected chi connectivity index (χ2v) is 3.26. The molecule has 0 atom stereocenters. The third kappa shape index (κ3) is 1.12. The van der Waals surface area contributed by atoms with Crippen LogP contribution < -0.4 is 9.64 Å². The normalized spacial score (nSPS) is 15.3. The second-order valence-electron chi connectivity index (χ2n) is 2.86. The highest BCUT2D eigenvalue weighted by Gasteiger charge is 2.16. The van der Waals surface area contributed by atoms with Crippen molar-refractivity contribution in [1.82, 2.24) is 0 Å². The van der Waals surface area contributed by atoms with E-state index in [1.54, 1.807) is 0 Å². The predicted molar refractivity (Wildman–Crippen MR) is 50.2 cm³/mol. The van der Waals surface area contributed by atoms with Crippen LogP contribution in [0.2, 0.25) is 5.02 Å². The molecular formula is C9H10ClNO. The Kier molecular flexibility index (Phi) is 1.85. The van der Waals surface area contributed by atoms with Crippen LogP contribution in [0.5, 0.6) is 5.75 Å². The number of ether oxygens (including phenoxy) is 1. The third-order valence-electron chi connectivity index (χ3n) is 2.02.